The molecule has 0 amide bonds. The van der Waals surface area contributed by atoms with Crippen molar-refractivity contribution in [2.75, 3.05) is 31.9 Å². The van der Waals surface area contributed by atoms with E-state index in [1.807, 2.05) is 24.0 Å². The molecule has 1 atom stereocenters. The average molecular weight is 376 g/mol. The Balaban J connectivity index is 1.36. The van der Waals surface area contributed by atoms with Crippen LogP contribution in [-0.4, -0.2) is 41.8 Å². The van der Waals surface area contributed by atoms with Gasteiger partial charge < -0.3 is 5.32 Å². The number of nitrogens with one attached hydrogen (secondary N) is 1. The standard InChI is InChI=1S/C23H25N3S/c1-4-19(20-9-14-27-23(20)5-1)22-16-24-11-13-26(22)12-8-17-6-7-18-3-2-10-25-21(18)15-17/h1-7,10,15,22,24H,8-9,11-14,16H2. The quantitative estimate of drug-likeness (QED) is 0.744. The average Bonchev–Trinajstić information content (AvgIpc) is 3.21. The van der Waals surface area contributed by atoms with E-state index in [0.717, 1.165) is 38.1 Å². The van der Waals surface area contributed by atoms with E-state index >= 15 is 0 Å². The highest BCUT2D eigenvalue weighted by atomic mass is 32.2. The number of aromatic nitrogens is 1. The van der Waals surface area contributed by atoms with Gasteiger partial charge in [0.05, 0.1) is 5.52 Å². The maximum atomic E-state index is 4.51. The van der Waals surface area contributed by atoms with E-state index in [1.165, 1.54) is 28.0 Å². The zero-order valence-electron chi connectivity index (χ0n) is 15.5. The van der Waals surface area contributed by atoms with Crippen LogP contribution in [0.4, 0.5) is 0 Å². The lowest BCUT2D eigenvalue weighted by Gasteiger charge is -2.37. The highest BCUT2D eigenvalue weighted by Gasteiger charge is 2.27. The SMILES string of the molecule is c1cc2c(c(C3CNCCN3CCc3ccc4cccnc4c3)c1)CCS2. The van der Waals surface area contributed by atoms with Gasteiger partial charge in [0.1, 0.15) is 0 Å². The van der Waals surface area contributed by atoms with Gasteiger partial charge in [-0.1, -0.05) is 30.3 Å². The van der Waals surface area contributed by atoms with Gasteiger partial charge in [-0.05, 0) is 47.7 Å². The Bertz CT molecular complexity index is 955. The molecular formula is C23H25N3S. The topological polar surface area (TPSA) is 28.2 Å². The summed E-state index contributed by atoms with van der Waals surface area (Å²) in [4.78, 5) is 8.69. The van der Waals surface area contributed by atoms with Crippen molar-refractivity contribution in [2.45, 2.75) is 23.8 Å². The molecule has 138 valence electrons. The molecule has 3 aromatic rings. The highest BCUT2D eigenvalue weighted by molar-refractivity contribution is 7.99. The van der Waals surface area contributed by atoms with Gasteiger partial charge in [0, 0.05) is 54.5 Å². The fourth-order valence-electron chi connectivity index (χ4n) is 4.42. The second-order valence-electron chi connectivity index (χ2n) is 7.46. The Morgan fingerprint density at radius 2 is 2.15 bits per heavy atom. The lowest BCUT2D eigenvalue weighted by Crippen LogP contribution is -2.46. The van der Waals surface area contributed by atoms with Crippen LogP contribution in [0.15, 0.2) is 59.6 Å². The van der Waals surface area contributed by atoms with Crippen molar-refractivity contribution in [3.8, 4) is 0 Å². The predicted molar refractivity (Wildman–Crippen MR) is 114 cm³/mol. The summed E-state index contributed by atoms with van der Waals surface area (Å²) in [6.45, 7) is 4.36. The normalized spacial score (nSPS) is 20.1. The minimum absolute atomic E-state index is 0.492. The number of pyridine rings is 1. The molecule has 1 N–H and O–H groups in total. The van der Waals surface area contributed by atoms with E-state index < -0.39 is 0 Å². The number of nitrogens with zero attached hydrogens (tertiary/aromatic N) is 2. The first-order valence-corrected chi connectivity index (χ1v) is 10.9. The Morgan fingerprint density at radius 1 is 1.15 bits per heavy atom. The van der Waals surface area contributed by atoms with Gasteiger partial charge in [0.25, 0.3) is 0 Å². The Morgan fingerprint density at radius 3 is 3.15 bits per heavy atom. The molecule has 0 bridgehead atoms. The monoisotopic (exact) mass is 375 g/mol. The van der Waals surface area contributed by atoms with Crippen LogP contribution >= 0.6 is 11.8 Å². The summed E-state index contributed by atoms with van der Waals surface area (Å²) in [6, 6.07) is 18.2. The third kappa shape index (κ3) is 3.49. The smallest absolute Gasteiger partial charge is 0.0704 e. The molecule has 1 saturated heterocycles. The van der Waals surface area contributed by atoms with Gasteiger partial charge in [-0.2, -0.15) is 0 Å². The predicted octanol–water partition coefficient (Wildman–Crippen LogP) is 4.07. The molecule has 2 aliphatic heterocycles. The van der Waals surface area contributed by atoms with E-state index in [0.29, 0.717) is 6.04 Å². The molecule has 0 radical (unpaired) electrons. The molecule has 0 aliphatic carbocycles. The number of benzene rings is 2. The fourth-order valence-corrected chi connectivity index (χ4v) is 5.52. The van der Waals surface area contributed by atoms with Crippen LogP contribution < -0.4 is 5.32 Å². The number of rotatable bonds is 4. The fraction of sp³-hybridized carbons (Fsp3) is 0.348. The summed E-state index contributed by atoms with van der Waals surface area (Å²) in [6.07, 6.45) is 4.18. The second-order valence-corrected chi connectivity index (χ2v) is 8.60. The summed E-state index contributed by atoms with van der Waals surface area (Å²) < 4.78 is 0. The van der Waals surface area contributed by atoms with Gasteiger partial charge in [-0.25, -0.2) is 0 Å². The first-order valence-electron chi connectivity index (χ1n) is 9.91. The molecule has 27 heavy (non-hydrogen) atoms. The lowest BCUT2D eigenvalue weighted by atomic mass is 9.95. The van der Waals surface area contributed by atoms with Crippen molar-refractivity contribution in [3.63, 3.8) is 0 Å². The maximum Gasteiger partial charge on any atom is 0.0704 e. The summed E-state index contributed by atoms with van der Waals surface area (Å²) in [5, 5.41) is 4.84. The van der Waals surface area contributed by atoms with Crippen LogP contribution in [0.25, 0.3) is 10.9 Å². The Labute approximate surface area is 165 Å². The number of hydrogen-bond acceptors (Lipinski definition) is 4. The van der Waals surface area contributed by atoms with E-state index in [-0.39, 0.29) is 0 Å². The molecule has 3 nitrogen and oxygen atoms in total. The molecule has 4 heteroatoms. The first kappa shape index (κ1) is 17.2. The summed E-state index contributed by atoms with van der Waals surface area (Å²) in [5.74, 6) is 1.23. The van der Waals surface area contributed by atoms with E-state index in [2.05, 4.69) is 57.7 Å². The van der Waals surface area contributed by atoms with Crippen LogP contribution in [-0.2, 0) is 12.8 Å². The van der Waals surface area contributed by atoms with E-state index in [4.69, 9.17) is 0 Å². The summed E-state index contributed by atoms with van der Waals surface area (Å²) >= 11 is 2.01. The van der Waals surface area contributed by atoms with Crippen molar-refractivity contribution in [2.24, 2.45) is 0 Å². The molecule has 5 rings (SSSR count). The molecule has 1 fully saturated rings. The Kier molecular flexibility index (Phi) is 4.87. The van der Waals surface area contributed by atoms with Gasteiger partial charge in [-0.15, -0.1) is 11.8 Å². The van der Waals surface area contributed by atoms with Crippen LogP contribution in [0.3, 0.4) is 0 Å². The third-order valence-electron chi connectivity index (χ3n) is 5.85. The highest BCUT2D eigenvalue weighted by Crippen LogP contribution is 2.37. The first-order chi connectivity index (χ1) is 13.4. The largest absolute Gasteiger partial charge is 0.314 e. The molecule has 2 aromatic carbocycles. The second kappa shape index (κ2) is 7.63. The number of thioether (sulfide) groups is 1. The maximum absolute atomic E-state index is 4.51. The molecule has 0 saturated carbocycles. The lowest BCUT2D eigenvalue weighted by molar-refractivity contribution is 0.163. The molecule has 1 unspecified atom stereocenters. The van der Waals surface area contributed by atoms with Gasteiger partial charge in [0.2, 0.25) is 0 Å². The van der Waals surface area contributed by atoms with Crippen molar-refractivity contribution in [1.82, 2.24) is 15.2 Å². The minimum atomic E-state index is 0.492. The molecule has 3 heterocycles. The molecular weight excluding hydrogens is 350 g/mol. The van der Waals surface area contributed by atoms with Crippen molar-refractivity contribution < 1.29 is 0 Å². The van der Waals surface area contributed by atoms with Crippen LogP contribution in [0.5, 0.6) is 0 Å². The van der Waals surface area contributed by atoms with Crippen LogP contribution in [0, 0.1) is 0 Å². The van der Waals surface area contributed by atoms with Crippen molar-refractivity contribution in [1.29, 1.82) is 0 Å². The zero-order chi connectivity index (χ0) is 18.1. The zero-order valence-corrected chi connectivity index (χ0v) is 16.3. The van der Waals surface area contributed by atoms with Gasteiger partial charge >= 0.3 is 0 Å². The Hall–Kier alpha value is -1.88. The number of fused-ring (bicyclic) bond motifs is 2. The molecule has 0 spiro atoms. The third-order valence-corrected chi connectivity index (χ3v) is 6.95. The van der Waals surface area contributed by atoms with Gasteiger partial charge in [-0.3, -0.25) is 9.88 Å². The van der Waals surface area contributed by atoms with Crippen molar-refractivity contribution in [3.05, 3.63) is 71.4 Å². The van der Waals surface area contributed by atoms with Crippen molar-refractivity contribution >= 4 is 22.7 Å². The minimum Gasteiger partial charge on any atom is -0.314 e. The molecule has 2 aliphatic rings. The van der Waals surface area contributed by atoms with E-state index in [1.54, 1.807) is 11.1 Å². The number of piperazine rings is 1. The molecule has 1 aromatic heterocycles. The van der Waals surface area contributed by atoms with Crippen LogP contribution in [0.1, 0.15) is 22.7 Å². The summed E-state index contributed by atoms with van der Waals surface area (Å²) in [7, 11) is 0. The van der Waals surface area contributed by atoms with Gasteiger partial charge in [0.15, 0.2) is 0 Å². The van der Waals surface area contributed by atoms with Crippen LogP contribution in [0.2, 0.25) is 0 Å². The number of hydrogen-bond donors (Lipinski definition) is 1. The van der Waals surface area contributed by atoms with E-state index in [9.17, 15) is 0 Å². The summed E-state index contributed by atoms with van der Waals surface area (Å²) in [5.41, 5.74) is 5.62.